The molecule has 1 aromatic rings. The second kappa shape index (κ2) is 8.10. The van der Waals surface area contributed by atoms with Crippen LogP contribution in [0.4, 0.5) is 5.82 Å². The second-order valence-electron chi connectivity index (χ2n) is 5.39. The molecular formula is C15H24ClN3O. The Morgan fingerprint density at radius 3 is 2.65 bits per heavy atom. The van der Waals surface area contributed by atoms with Gasteiger partial charge in [0.2, 0.25) is 0 Å². The van der Waals surface area contributed by atoms with Gasteiger partial charge in [0.1, 0.15) is 11.5 Å². The molecule has 1 atom stereocenters. The fourth-order valence-corrected chi connectivity index (χ4v) is 1.72. The van der Waals surface area contributed by atoms with Crippen molar-refractivity contribution in [3.63, 3.8) is 0 Å². The monoisotopic (exact) mass is 297 g/mol. The van der Waals surface area contributed by atoms with Gasteiger partial charge in [0, 0.05) is 13.1 Å². The lowest BCUT2D eigenvalue weighted by atomic mass is 9.98. The molecule has 4 nitrogen and oxygen atoms in total. The average Bonchev–Trinajstić information content (AvgIpc) is 2.43. The number of rotatable bonds is 7. The van der Waals surface area contributed by atoms with Crippen LogP contribution in [-0.2, 0) is 0 Å². The minimum atomic E-state index is -0.220. The van der Waals surface area contributed by atoms with Crippen molar-refractivity contribution in [2.45, 2.75) is 34.1 Å². The van der Waals surface area contributed by atoms with E-state index in [2.05, 4.69) is 43.3 Å². The molecule has 0 bridgehead atoms. The van der Waals surface area contributed by atoms with E-state index in [0.29, 0.717) is 29.2 Å². The highest BCUT2D eigenvalue weighted by molar-refractivity contribution is 6.33. The molecule has 0 aliphatic heterocycles. The summed E-state index contributed by atoms with van der Waals surface area (Å²) in [6.07, 6.45) is 0.998. The van der Waals surface area contributed by atoms with Crippen LogP contribution in [0.1, 0.15) is 44.6 Å². The molecule has 2 N–H and O–H groups in total. The van der Waals surface area contributed by atoms with Crippen LogP contribution in [0.15, 0.2) is 12.1 Å². The van der Waals surface area contributed by atoms with Crippen molar-refractivity contribution >= 4 is 23.3 Å². The predicted octanol–water partition coefficient (Wildman–Crippen LogP) is 3.58. The maximum Gasteiger partial charge on any atom is 0.271 e. The third-order valence-electron chi connectivity index (χ3n) is 3.34. The highest BCUT2D eigenvalue weighted by atomic mass is 35.5. The van der Waals surface area contributed by atoms with Gasteiger partial charge in [-0.05, 0) is 30.4 Å². The largest absolute Gasteiger partial charge is 0.370 e. The number of anilines is 1. The molecule has 0 fully saturated rings. The highest BCUT2D eigenvalue weighted by Gasteiger charge is 2.15. The Labute approximate surface area is 126 Å². The molecule has 0 saturated carbocycles. The lowest BCUT2D eigenvalue weighted by molar-refractivity contribution is 0.0940. The smallest absolute Gasteiger partial charge is 0.271 e. The van der Waals surface area contributed by atoms with Gasteiger partial charge in [-0.3, -0.25) is 4.79 Å². The van der Waals surface area contributed by atoms with Crippen LogP contribution in [0.3, 0.4) is 0 Å². The van der Waals surface area contributed by atoms with Crippen LogP contribution in [0.5, 0.6) is 0 Å². The van der Waals surface area contributed by atoms with Crippen molar-refractivity contribution < 1.29 is 4.79 Å². The van der Waals surface area contributed by atoms with Gasteiger partial charge >= 0.3 is 0 Å². The highest BCUT2D eigenvalue weighted by Crippen LogP contribution is 2.17. The van der Waals surface area contributed by atoms with Crippen molar-refractivity contribution in [1.29, 1.82) is 0 Å². The zero-order chi connectivity index (χ0) is 15.1. The zero-order valence-electron chi connectivity index (χ0n) is 12.7. The van der Waals surface area contributed by atoms with Crippen LogP contribution in [0, 0.1) is 11.8 Å². The molecule has 0 saturated heterocycles. The summed E-state index contributed by atoms with van der Waals surface area (Å²) in [7, 11) is 0. The molecule has 0 radical (unpaired) electrons. The summed E-state index contributed by atoms with van der Waals surface area (Å²) in [5, 5.41) is 6.42. The van der Waals surface area contributed by atoms with Gasteiger partial charge in [0.05, 0.1) is 5.02 Å². The summed E-state index contributed by atoms with van der Waals surface area (Å²) in [5.41, 5.74) is 0.281. The number of halogens is 1. The van der Waals surface area contributed by atoms with E-state index in [1.807, 2.05) is 0 Å². The van der Waals surface area contributed by atoms with E-state index in [1.54, 1.807) is 12.1 Å². The molecule has 1 rings (SSSR count). The minimum absolute atomic E-state index is 0.220. The topological polar surface area (TPSA) is 54.0 Å². The Morgan fingerprint density at radius 1 is 1.35 bits per heavy atom. The standard InChI is InChI=1S/C15H24ClN3O/c1-5-8-17-13-7-6-12(16)14(19-13)15(20)18-9-11(4)10(2)3/h6-7,10-11H,5,8-9H2,1-4H3,(H,17,19)(H,18,20). The maximum atomic E-state index is 12.1. The fourth-order valence-electron chi connectivity index (χ4n) is 1.53. The van der Waals surface area contributed by atoms with Crippen molar-refractivity contribution in [2.75, 3.05) is 18.4 Å². The third kappa shape index (κ3) is 5.00. The van der Waals surface area contributed by atoms with Crippen molar-refractivity contribution in [2.24, 2.45) is 11.8 Å². The summed E-state index contributed by atoms with van der Waals surface area (Å²) in [5.74, 6) is 1.40. The molecule has 20 heavy (non-hydrogen) atoms. The molecule has 0 aliphatic rings. The fraction of sp³-hybridized carbons (Fsp3) is 0.600. The van der Waals surface area contributed by atoms with E-state index >= 15 is 0 Å². The maximum absolute atomic E-state index is 12.1. The lowest BCUT2D eigenvalue weighted by Crippen LogP contribution is -2.31. The number of hydrogen-bond donors (Lipinski definition) is 2. The number of hydrogen-bond acceptors (Lipinski definition) is 3. The van der Waals surface area contributed by atoms with Gasteiger partial charge in [0.15, 0.2) is 0 Å². The molecule has 0 aliphatic carbocycles. The van der Waals surface area contributed by atoms with E-state index in [9.17, 15) is 4.79 Å². The van der Waals surface area contributed by atoms with Gasteiger partial charge < -0.3 is 10.6 Å². The zero-order valence-corrected chi connectivity index (χ0v) is 13.4. The van der Waals surface area contributed by atoms with Crippen LogP contribution in [0.25, 0.3) is 0 Å². The van der Waals surface area contributed by atoms with Crippen LogP contribution >= 0.6 is 11.6 Å². The van der Waals surface area contributed by atoms with Gasteiger partial charge in [-0.2, -0.15) is 0 Å². The molecular weight excluding hydrogens is 274 g/mol. The van der Waals surface area contributed by atoms with Crippen molar-refractivity contribution in [3.8, 4) is 0 Å². The van der Waals surface area contributed by atoms with E-state index in [1.165, 1.54) is 0 Å². The van der Waals surface area contributed by atoms with E-state index in [4.69, 9.17) is 11.6 Å². The summed E-state index contributed by atoms with van der Waals surface area (Å²) in [4.78, 5) is 16.4. The summed E-state index contributed by atoms with van der Waals surface area (Å²) >= 11 is 6.05. The molecule has 0 spiro atoms. The first-order valence-corrected chi connectivity index (χ1v) is 7.52. The molecule has 1 heterocycles. The number of carbonyl (C=O) groups is 1. The predicted molar refractivity (Wildman–Crippen MR) is 84.4 cm³/mol. The normalized spacial score (nSPS) is 12.3. The van der Waals surface area contributed by atoms with Crippen molar-refractivity contribution in [3.05, 3.63) is 22.8 Å². The first-order valence-electron chi connectivity index (χ1n) is 7.14. The molecule has 5 heteroatoms. The first kappa shape index (κ1) is 16.8. The van der Waals surface area contributed by atoms with E-state index in [-0.39, 0.29) is 11.6 Å². The molecule has 1 aromatic heterocycles. The van der Waals surface area contributed by atoms with Gasteiger partial charge in [-0.1, -0.05) is 39.3 Å². The number of nitrogens with zero attached hydrogens (tertiary/aromatic N) is 1. The number of aromatic nitrogens is 1. The van der Waals surface area contributed by atoms with Crippen molar-refractivity contribution in [1.82, 2.24) is 10.3 Å². The molecule has 0 aromatic carbocycles. The second-order valence-corrected chi connectivity index (χ2v) is 5.79. The van der Waals surface area contributed by atoms with Gasteiger partial charge in [-0.25, -0.2) is 4.98 Å². The SMILES string of the molecule is CCCNc1ccc(Cl)c(C(=O)NCC(C)C(C)C)n1. The van der Waals surface area contributed by atoms with E-state index < -0.39 is 0 Å². The quantitative estimate of drug-likeness (QED) is 0.809. The number of nitrogens with one attached hydrogen (secondary N) is 2. The van der Waals surface area contributed by atoms with Gasteiger partial charge in [-0.15, -0.1) is 0 Å². The Kier molecular flexibility index (Phi) is 6.79. The summed E-state index contributed by atoms with van der Waals surface area (Å²) in [6, 6.07) is 3.48. The summed E-state index contributed by atoms with van der Waals surface area (Å²) < 4.78 is 0. The number of pyridine rings is 1. The average molecular weight is 298 g/mol. The molecule has 1 amide bonds. The van der Waals surface area contributed by atoms with E-state index in [0.717, 1.165) is 13.0 Å². The Hall–Kier alpha value is -1.29. The molecule has 112 valence electrons. The molecule has 1 unspecified atom stereocenters. The number of carbonyl (C=O) groups excluding carboxylic acids is 1. The third-order valence-corrected chi connectivity index (χ3v) is 3.64. The Bertz CT molecular complexity index is 449. The lowest BCUT2D eigenvalue weighted by Gasteiger charge is -2.16. The van der Waals surface area contributed by atoms with Crippen LogP contribution in [-0.4, -0.2) is 24.0 Å². The Morgan fingerprint density at radius 2 is 2.05 bits per heavy atom. The van der Waals surface area contributed by atoms with Crippen LogP contribution < -0.4 is 10.6 Å². The summed E-state index contributed by atoms with van der Waals surface area (Å²) in [6.45, 7) is 9.90. The Balaban J connectivity index is 2.71. The van der Waals surface area contributed by atoms with Crippen LogP contribution in [0.2, 0.25) is 5.02 Å². The minimum Gasteiger partial charge on any atom is -0.370 e. The van der Waals surface area contributed by atoms with Gasteiger partial charge in [0.25, 0.3) is 5.91 Å². The number of amides is 1. The first-order chi connectivity index (χ1) is 9.45.